The van der Waals surface area contributed by atoms with Crippen molar-refractivity contribution < 1.29 is 0 Å². The summed E-state index contributed by atoms with van der Waals surface area (Å²) in [7, 11) is 0. The standard InChI is InChI=1S/C14H22N6O/c1-10(2)19(8-11-4-3-5-15-7-11)12-6-13-17-18-14(21)20(13)9-16-12/h6,9-11,15H,3-5,7-8H2,1-2H3,(H,18,21). The number of piperidine rings is 1. The van der Waals surface area contributed by atoms with Gasteiger partial charge in [-0.05, 0) is 45.7 Å². The number of hydrogen-bond donors (Lipinski definition) is 2. The van der Waals surface area contributed by atoms with E-state index in [1.54, 1.807) is 6.33 Å². The summed E-state index contributed by atoms with van der Waals surface area (Å²) in [5.41, 5.74) is 0.356. The highest BCUT2D eigenvalue weighted by molar-refractivity contribution is 5.50. The van der Waals surface area contributed by atoms with E-state index < -0.39 is 0 Å². The maximum absolute atomic E-state index is 11.5. The molecule has 0 aromatic carbocycles. The van der Waals surface area contributed by atoms with E-state index in [0.29, 0.717) is 17.6 Å². The van der Waals surface area contributed by atoms with E-state index in [2.05, 4.69) is 39.2 Å². The Hall–Kier alpha value is -1.89. The fraction of sp³-hybridized carbons (Fsp3) is 0.643. The van der Waals surface area contributed by atoms with Crippen LogP contribution in [0, 0.1) is 5.92 Å². The van der Waals surface area contributed by atoms with Crippen LogP contribution in [0.5, 0.6) is 0 Å². The third-order valence-corrected chi connectivity index (χ3v) is 4.07. The Morgan fingerprint density at radius 1 is 1.52 bits per heavy atom. The number of rotatable bonds is 4. The highest BCUT2D eigenvalue weighted by Gasteiger charge is 2.20. The van der Waals surface area contributed by atoms with Crippen molar-refractivity contribution in [1.82, 2.24) is 24.9 Å². The highest BCUT2D eigenvalue weighted by atomic mass is 16.1. The Bertz CT molecular complexity index is 655. The van der Waals surface area contributed by atoms with Crippen molar-refractivity contribution in [3.63, 3.8) is 0 Å². The van der Waals surface area contributed by atoms with Gasteiger partial charge in [-0.1, -0.05) is 0 Å². The number of fused-ring (bicyclic) bond motifs is 1. The molecule has 0 spiro atoms. The first kappa shape index (κ1) is 14.1. The average Bonchev–Trinajstić information content (AvgIpc) is 2.86. The number of hydrogen-bond acceptors (Lipinski definition) is 5. The third-order valence-electron chi connectivity index (χ3n) is 4.07. The summed E-state index contributed by atoms with van der Waals surface area (Å²) >= 11 is 0. The maximum Gasteiger partial charge on any atom is 0.348 e. The molecule has 7 heteroatoms. The van der Waals surface area contributed by atoms with Crippen molar-refractivity contribution >= 4 is 11.5 Å². The molecule has 1 unspecified atom stereocenters. The Balaban J connectivity index is 1.85. The fourth-order valence-corrected chi connectivity index (χ4v) is 2.88. The molecular formula is C14H22N6O. The molecule has 114 valence electrons. The van der Waals surface area contributed by atoms with Crippen molar-refractivity contribution in [2.75, 3.05) is 24.5 Å². The molecule has 0 radical (unpaired) electrons. The molecule has 1 aliphatic rings. The number of H-pyrrole nitrogens is 1. The summed E-state index contributed by atoms with van der Waals surface area (Å²) in [6.45, 7) is 7.49. The molecule has 3 rings (SSSR count). The van der Waals surface area contributed by atoms with Crippen LogP contribution in [0.4, 0.5) is 5.82 Å². The molecule has 0 bridgehead atoms. The minimum atomic E-state index is -0.253. The summed E-state index contributed by atoms with van der Waals surface area (Å²) in [6.07, 6.45) is 4.03. The van der Waals surface area contributed by atoms with Crippen molar-refractivity contribution in [2.24, 2.45) is 5.92 Å². The van der Waals surface area contributed by atoms with E-state index in [-0.39, 0.29) is 5.69 Å². The van der Waals surface area contributed by atoms with Gasteiger partial charge in [-0.2, -0.15) is 5.10 Å². The lowest BCUT2D eigenvalue weighted by Crippen LogP contribution is -2.41. The molecule has 1 aliphatic heterocycles. The molecule has 1 fully saturated rings. The normalized spacial score (nSPS) is 19.3. The molecule has 1 saturated heterocycles. The maximum atomic E-state index is 11.5. The minimum Gasteiger partial charge on any atom is -0.354 e. The van der Waals surface area contributed by atoms with Crippen LogP contribution in [0.25, 0.3) is 5.65 Å². The number of aromatic amines is 1. The van der Waals surface area contributed by atoms with Crippen molar-refractivity contribution in [2.45, 2.75) is 32.7 Å². The van der Waals surface area contributed by atoms with Crippen LogP contribution in [-0.4, -0.2) is 45.3 Å². The van der Waals surface area contributed by atoms with E-state index in [4.69, 9.17) is 0 Å². The largest absolute Gasteiger partial charge is 0.354 e. The average molecular weight is 290 g/mol. The van der Waals surface area contributed by atoms with Gasteiger partial charge in [0.15, 0.2) is 5.65 Å². The molecular weight excluding hydrogens is 268 g/mol. The van der Waals surface area contributed by atoms with Crippen LogP contribution in [0.3, 0.4) is 0 Å². The van der Waals surface area contributed by atoms with Gasteiger partial charge in [0.1, 0.15) is 12.1 Å². The van der Waals surface area contributed by atoms with Crippen molar-refractivity contribution in [3.05, 3.63) is 22.9 Å². The van der Waals surface area contributed by atoms with E-state index in [0.717, 1.165) is 25.5 Å². The van der Waals surface area contributed by atoms with E-state index in [9.17, 15) is 4.79 Å². The molecule has 0 amide bonds. The van der Waals surface area contributed by atoms with Gasteiger partial charge in [0.2, 0.25) is 0 Å². The highest BCUT2D eigenvalue weighted by Crippen LogP contribution is 2.19. The quantitative estimate of drug-likeness (QED) is 0.863. The topological polar surface area (TPSA) is 78.3 Å². The van der Waals surface area contributed by atoms with Gasteiger partial charge in [-0.15, -0.1) is 0 Å². The van der Waals surface area contributed by atoms with E-state index in [1.807, 2.05) is 6.07 Å². The smallest absolute Gasteiger partial charge is 0.348 e. The molecule has 2 aromatic heterocycles. The molecule has 3 heterocycles. The fourth-order valence-electron chi connectivity index (χ4n) is 2.88. The lowest BCUT2D eigenvalue weighted by atomic mass is 9.98. The number of aromatic nitrogens is 4. The first-order valence-electron chi connectivity index (χ1n) is 7.55. The first-order valence-corrected chi connectivity index (χ1v) is 7.55. The van der Waals surface area contributed by atoms with Crippen LogP contribution in [0.1, 0.15) is 26.7 Å². The van der Waals surface area contributed by atoms with Gasteiger partial charge in [0, 0.05) is 18.7 Å². The summed E-state index contributed by atoms with van der Waals surface area (Å²) in [5, 5.41) is 9.91. The number of anilines is 1. The summed E-state index contributed by atoms with van der Waals surface area (Å²) in [4.78, 5) is 18.2. The second-order valence-corrected chi connectivity index (χ2v) is 5.96. The van der Waals surface area contributed by atoms with Crippen LogP contribution in [0.2, 0.25) is 0 Å². The van der Waals surface area contributed by atoms with Gasteiger partial charge in [-0.3, -0.25) is 0 Å². The first-order chi connectivity index (χ1) is 10.1. The Kier molecular flexibility index (Phi) is 3.92. The Labute approximate surface area is 123 Å². The molecule has 7 nitrogen and oxygen atoms in total. The van der Waals surface area contributed by atoms with Gasteiger partial charge < -0.3 is 10.2 Å². The van der Waals surface area contributed by atoms with Crippen LogP contribution < -0.4 is 15.9 Å². The lowest BCUT2D eigenvalue weighted by molar-refractivity contribution is 0.370. The Morgan fingerprint density at radius 2 is 2.38 bits per heavy atom. The molecule has 0 aliphatic carbocycles. The second kappa shape index (κ2) is 5.85. The second-order valence-electron chi connectivity index (χ2n) is 5.96. The van der Waals surface area contributed by atoms with Crippen LogP contribution in [0.15, 0.2) is 17.2 Å². The Morgan fingerprint density at radius 3 is 3.10 bits per heavy atom. The molecule has 1 atom stereocenters. The monoisotopic (exact) mass is 290 g/mol. The zero-order chi connectivity index (χ0) is 14.8. The van der Waals surface area contributed by atoms with Gasteiger partial charge >= 0.3 is 5.69 Å². The molecule has 0 saturated carbocycles. The zero-order valence-electron chi connectivity index (χ0n) is 12.5. The predicted octanol–water partition coefficient (Wildman–Crippen LogP) is 0.632. The van der Waals surface area contributed by atoms with Crippen LogP contribution in [-0.2, 0) is 0 Å². The predicted molar refractivity (Wildman–Crippen MR) is 81.7 cm³/mol. The lowest BCUT2D eigenvalue weighted by Gasteiger charge is -2.33. The summed E-state index contributed by atoms with van der Waals surface area (Å²) in [5.74, 6) is 1.52. The minimum absolute atomic E-state index is 0.253. The number of nitrogens with zero attached hydrogens (tertiary/aromatic N) is 4. The molecule has 2 aromatic rings. The molecule has 2 N–H and O–H groups in total. The summed E-state index contributed by atoms with van der Waals surface area (Å²) < 4.78 is 1.42. The molecule has 21 heavy (non-hydrogen) atoms. The number of nitrogens with one attached hydrogen (secondary N) is 2. The van der Waals surface area contributed by atoms with E-state index >= 15 is 0 Å². The van der Waals surface area contributed by atoms with Gasteiger partial charge in [0.25, 0.3) is 0 Å². The van der Waals surface area contributed by atoms with E-state index in [1.165, 1.54) is 17.2 Å². The third kappa shape index (κ3) is 2.92. The van der Waals surface area contributed by atoms with Crippen molar-refractivity contribution in [1.29, 1.82) is 0 Å². The van der Waals surface area contributed by atoms with Crippen LogP contribution >= 0.6 is 0 Å². The zero-order valence-corrected chi connectivity index (χ0v) is 12.5. The SMILES string of the molecule is CC(C)N(CC1CCCNC1)c1cc2n[nH]c(=O)n2cn1. The van der Waals surface area contributed by atoms with Gasteiger partial charge in [0.05, 0.1) is 0 Å². The van der Waals surface area contributed by atoms with Gasteiger partial charge in [-0.25, -0.2) is 19.3 Å². The summed E-state index contributed by atoms with van der Waals surface area (Å²) in [6, 6.07) is 2.22. The van der Waals surface area contributed by atoms with Crippen molar-refractivity contribution in [3.8, 4) is 0 Å².